The number of nitrogens with one attached hydrogen (secondary N) is 1. The molecule has 2 aromatic rings. The summed E-state index contributed by atoms with van der Waals surface area (Å²) < 4.78 is 0. The maximum absolute atomic E-state index is 8.90. The summed E-state index contributed by atoms with van der Waals surface area (Å²) in [6.07, 6.45) is 0. The molecule has 0 spiro atoms. The first-order chi connectivity index (χ1) is 7.31. The van der Waals surface area contributed by atoms with Crippen LogP contribution in [0.1, 0.15) is 11.7 Å². The molecule has 1 aromatic carbocycles. The molecule has 1 heterocycles. The Hall–Kier alpha value is -1.65. The summed E-state index contributed by atoms with van der Waals surface area (Å²) in [7, 11) is 0. The Bertz CT molecular complexity index is 424. The summed E-state index contributed by atoms with van der Waals surface area (Å²) in [5.74, 6) is 0. The molecule has 0 saturated carbocycles. The number of benzene rings is 1. The van der Waals surface area contributed by atoms with Gasteiger partial charge in [-0.25, -0.2) is 0 Å². The molecule has 78 valence electrons. The van der Waals surface area contributed by atoms with Crippen molar-refractivity contribution >= 4 is 0 Å². The number of H-pyrrole nitrogens is 1. The maximum Gasteiger partial charge on any atom is 0.0924 e. The molecule has 0 fully saturated rings. The molecule has 0 radical (unpaired) electrons. The van der Waals surface area contributed by atoms with Crippen LogP contribution in [0.15, 0.2) is 36.4 Å². The monoisotopic (exact) mass is 203 g/mol. The van der Waals surface area contributed by atoms with Gasteiger partial charge < -0.3 is 10.8 Å². The number of nitrogens with two attached hydrogens (primary N) is 1. The van der Waals surface area contributed by atoms with Crippen LogP contribution in [0.5, 0.6) is 0 Å². The van der Waals surface area contributed by atoms with Crippen LogP contribution in [0.2, 0.25) is 0 Å². The van der Waals surface area contributed by atoms with Crippen LogP contribution < -0.4 is 5.73 Å². The molecule has 0 bridgehead atoms. The minimum absolute atomic E-state index is 0.0869. The zero-order valence-corrected chi connectivity index (χ0v) is 8.22. The van der Waals surface area contributed by atoms with E-state index in [1.807, 2.05) is 36.4 Å². The van der Waals surface area contributed by atoms with E-state index < -0.39 is 6.04 Å². The fraction of sp³-hybridized carbons (Fsp3) is 0.182. The predicted molar refractivity (Wildman–Crippen MR) is 58.0 cm³/mol. The normalized spacial score (nSPS) is 12.7. The maximum atomic E-state index is 8.90. The van der Waals surface area contributed by atoms with Crippen molar-refractivity contribution in [2.75, 3.05) is 6.61 Å². The van der Waals surface area contributed by atoms with E-state index in [4.69, 9.17) is 10.8 Å². The average molecular weight is 203 g/mol. The molecular weight excluding hydrogens is 190 g/mol. The molecular formula is C11H13N3O. The summed E-state index contributed by atoms with van der Waals surface area (Å²) in [5.41, 5.74) is 8.29. The van der Waals surface area contributed by atoms with Crippen LogP contribution in [-0.2, 0) is 0 Å². The van der Waals surface area contributed by atoms with Gasteiger partial charge >= 0.3 is 0 Å². The fourth-order valence-electron chi connectivity index (χ4n) is 1.38. The van der Waals surface area contributed by atoms with Crippen molar-refractivity contribution in [1.29, 1.82) is 0 Å². The van der Waals surface area contributed by atoms with Crippen molar-refractivity contribution in [2.24, 2.45) is 5.73 Å². The van der Waals surface area contributed by atoms with E-state index in [0.717, 1.165) is 17.0 Å². The van der Waals surface area contributed by atoms with Crippen LogP contribution in [0.25, 0.3) is 11.3 Å². The third kappa shape index (κ3) is 2.06. The molecule has 2 rings (SSSR count). The van der Waals surface area contributed by atoms with Crippen molar-refractivity contribution < 1.29 is 5.11 Å². The number of hydrogen-bond donors (Lipinski definition) is 3. The lowest BCUT2D eigenvalue weighted by Crippen LogP contribution is -2.14. The average Bonchev–Trinajstić information content (AvgIpc) is 2.78. The molecule has 0 aliphatic carbocycles. The van der Waals surface area contributed by atoms with E-state index in [2.05, 4.69) is 10.2 Å². The highest BCUT2D eigenvalue weighted by atomic mass is 16.3. The third-order valence-electron chi connectivity index (χ3n) is 2.26. The van der Waals surface area contributed by atoms with Crippen LogP contribution in [-0.4, -0.2) is 21.9 Å². The second-order valence-electron chi connectivity index (χ2n) is 3.36. The number of aromatic amines is 1. The van der Waals surface area contributed by atoms with Gasteiger partial charge in [-0.3, -0.25) is 5.10 Å². The Balaban J connectivity index is 2.28. The SMILES string of the molecule is N[C@H](CO)c1cc(-c2ccccc2)n[nH]1. The Kier molecular flexibility index (Phi) is 2.80. The molecule has 0 aliphatic heterocycles. The van der Waals surface area contributed by atoms with E-state index in [1.54, 1.807) is 0 Å². The molecule has 0 aliphatic rings. The first-order valence-electron chi connectivity index (χ1n) is 4.78. The summed E-state index contributed by atoms with van der Waals surface area (Å²) in [5, 5.41) is 15.9. The van der Waals surface area contributed by atoms with Gasteiger partial charge in [0.1, 0.15) is 0 Å². The van der Waals surface area contributed by atoms with Gasteiger partial charge in [0.15, 0.2) is 0 Å². The number of hydrogen-bond acceptors (Lipinski definition) is 3. The number of rotatable bonds is 3. The number of nitrogens with zero attached hydrogens (tertiary/aromatic N) is 1. The minimum atomic E-state index is -0.394. The number of aromatic nitrogens is 2. The van der Waals surface area contributed by atoms with Crippen molar-refractivity contribution in [2.45, 2.75) is 6.04 Å². The highest BCUT2D eigenvalue weighted by Gasteiger charge is 2.09. The van der Waals surface area contributed by atoms with Crippen LogP contribution in [0, 0.1) is 0 Å². The molecule has 1 atom stereocenters. The molecule has 1 aromatic heterocycles. The first kappa shape index (κ1) is 9.89. The van der Waals surface area contributed by atoms with E-state index in [1.165, 1.54) is 0 Å². The molecule has 0 unspecified atom stereocenters. The van der Waals surface area contributed by atoms with Crippen LogP contribution in [0.3, 0.4) is 0 Å². The Labute approximate surface area is 87.7 Å². The highest BCUT2D eigenvalue weighted by molar-refractivity contribution is 5.59. The van der Waals surface area contributed by atoms with Crippen molar-refractivity contribution in [3.8, 4) is 11.3 Å². The Morgan fingerprint density at radius 3 is 2.73 bits per heavy atom. The lowest BCUT2D eigenvalue weighted by Gasteiger charge is -2.02. The highest BCUT2D eigenvalue weighted by Crippen LogP contribution is 2.18. The number of aliphatic hydroxyl groups excluding tert-OH is 1. The van der Waals surface area contributed by atoms with Gasteiger partial charge in [-0.1, -0.05) is 30.3 Å². The van der Waals surface area contributed by atoms with E-state index in [0.29, 0.717) is 0 Å². The quantitative estimate of drug-likeness (QED) is 0.698. The zero-order valence-electron chi connectivity index (χ0n) is 8.22. The van der Waals surface area contributed by atoms with Crippen molar-refractivity contribution in [3.05, 3.63) is 42.1 Å². The molecule has 4 nitrogen and oxygen atoms in total. The van der Waals surface area contributed by atoms with Gasteiger partial charge in [-0.15, -0.1) is 0 Å². The Morgan fingerprint density at radius 2 is 2.07 bits per heavy atom. The van der Waals surface area contributed by atoms with Crippen LogP contribution >= 0.6 is 0 Å². The largest absolute Gasteiger partial charge is 0.394 e. The van der Waals surface area contributed by atoms with E-state index in [9.17, 15) is 0 Å². The molecule has 0 amide bonds. The summed E-state index contributed by atoms with van der Waals surface area (Å²) >= 11 is 0. The van der Waals surface area contributed by atoms with Crippen molar-refractivity contribution in [1.82, 2.24) is 10.2 Å². The van der Waals surface area contributed by atoms with E-state index in [-0.39, 0.29) is 6.61 Å². The molecule has 4 heteroatoms. The predicted octanol–water partition coefficient (Wildman–Crippen LogP) is 1.07. The molecule has 0 saturated heterocycles. The van der Waals surface area contributed by atoms with Gasteiger partial charge in [-0.2, -0.15) is 5.10 Å². The minimum Gasteiger partial charge on any atom is -0.394 e. The van der Waals surface area contributed by atoms with Gasteiger partial charge in [-0.05, 0) is 6.07 Å². The Morgan fingerprint density at radius 1 is 1.33 bits per heavy atom. The summed E-state index contributed by atoms with van der Waals surface area (Å²) in [6, 6.07) is 11.3. The lowest BCUT2D eigenvalue weighted by molar-refractivity contribution is 0.266. The van der Waals surface area contributed by atoms with Gasteiger partial charge in [0.05, 0.1) is 24.0 Å². The zero-order chi connectivity index (χ0) is 10.7. The van der Waals surface area contributed by atoms with E-state index >= 15 is 0 Å². The number of aliphatic hydroxyl groups is 1. The second kappa shape index (κ2) is 4.25. The standard InChI is InChI=1S/C11H13N3O/c12-9(7-15)11-6-10(13-14-11)8-4-2-1-3-5-8/h1-6,9,15H,7,12H2,(H,13,14)/t9-/m1/s1. The second-order valence-corrected chi connectivity index (χ2v) is 3.36. The third-order valence-corrected chi connectivity index (χ3v) is 2.26. The molecule has 15 heavy (non-hydrogen) atoms. The molecule has 4 N–H and O–H groups in total. The lowest BCUT2D eigenvalue weighted by atomic mass is 10.1. The van der Waals surface area contributed by atoms with Crippen LogP contribution in [0.4, 0.5) is 0 Å². The smallest absolute Gasteiger partial charge is 0.0924 e. The van der Waals surface area contributed by atoms with Gasteiger partial charge in [0, 0.05) is 5.56 Å². The fourth-order valence-corrected chi connectivity index (χ4v) is 1.38. The van der Waals surface area contributed by atoms with Gasteiger partial charge in [0.2, 0.25) is 0 Å². The summed E-state index contributed by atoms with van der Waals surface area (Å²) in [6.45, 7) is -0.0869. The van der Waals surface area contributed by atoms with Crippen molar-refractivity contribution in [3.63, 3.8) is 0 Å². The topological polar surface area (TPSA) is 74.9 Å². The summed E-state index contributed by atoms with van der Waals surface area (Å²) in [4.78, 5) is 0. The van der Waals surface area contributed by atoms with Gasteiger partial charge in [0.25, 0.3) is 0 Å². The first-order valence-corrected chi connectivity index (χ1v) is 4.78.